The predicted octanol–water partition coefficient (Wildman–Crippen LogP) is 3.48. The number of rotatable bonds is 3. The number of hydrogen-bond donors (Lipinski definition) is 1. The summed E-state index contributed by atoms with van der Waals surface area (Å²) in [5.41, 5.74) is 1.74. The number of methoxy groups -OCH3 is 1. The highest BCUT2D eigenvalue weighted by atomic mass is 19.1. The minimum Gasteiger partial charge on any atom is -0.491 e. The lowest BCUT2D eigenvalue weighted by molar-refractivity contribution is 0.102. The van der Waals surface area contributed by atoms with Crippen molar-refractivity contribution in [2.75, 3.05) is 12.4 Å². The third-order valence-electron chi connectivity index (χ3n) is 3.49. The Morgan fingerprint density at radius 3 is 2.75 bits per heavy atom. The van der Waals surface area contributed by atoms with Crippen LogP contribution in [0.15, 0.2) is 36.5 Å². The zero-order valence-corrected chi connectivity index (χ0v) is 12.9. The van der Waals surface area contributed by atoms with Gasteiger partial charge in [0, 0.05) is 6.20 Å². The van der Waals surface area contributed by atoms with Crippen LogP contribution in [0.25, 0.3) is 11.0 Å². The van der Waals surface area contributed by atoms with E-state index in [0.717, 1.165) is 19.2 Å². The molecule has 0 fully saturated rings. The van der Waals surface area contributed by atoms with Gasteiger partial charge in [-0.05, 0) is 42.8 Å². The van der Waals surface area contributed by atoms with Gasteiger partial charge in [-0.25, -0.2) is 13.8 Å². The van der Waals surface area contributed by atoms with Crippen molar-refractivity contribution in [1.29, 1.82) is 0 Å². The maximum absolute atomic E-state index is 14.2. The summed E-state index contributed by atoms with van der Waals surface area (Å²) in [4.78, 5) is 20.8. The van der Waals surface area contributed by atoms with Crippen LogP contribution in [0.4, 0.5) is 14.5 Å². The highest BCUT2D eigenvalue weighted by Gasteiger charge is 2.18. The topological polar surface area (TPSA) is 64.1 Å². The summed E-state index contributed by atoms with van der Waals surface area (Å²) in [5, 5.41) is 2.39. The fourth-order valence-electron chi connectivity index (χ4n) is 2.32. The number of nitrogens with zero attached hydrogens (tertiary/aromatic N) is 2. The van der Waals surface area contributed by atoms with Crippen LogP contribution in [0, 0.1) is 18.6 Å². The molecule has 2 aromatic heterocycles. The van der Waals surface area contributed by atoms with Gasteiger partial charge < -0.3 is 10.1 Å². The summed E-state index contributed by atoms with van der Waals surface area (Å²) in [6.07, 6.45) is 1.63. The molecule has 0 atom stereocenters. The Hall–Kier alpha value is -3.09. The number of nitrogens with one attached hydrogen (secondary N) is 1. The first-order valence-corrected chi connectivity index (χ1v) is 7.07. The van der Waals surface area contributed by atoms with Crippen LogP contribution < -0.4 is 10.1 Å². The number of anilines is 1. The molecule has 1 aromatic carbocycles. The number of fused-ring (bicyclic) bond motifs is 1. The second kappa shape index (κ2) is 6.19. The molecule has 122 valence electrons. The van der Waals surface area contributed by atoms with E-state index in [9.17, 15) is 13.6 Å². The Bertz CT molecular complexity index is 945. The molecule has 1 N–H and O–H groups in total. The highest BCUT2D eigenvalue weighted by Crippen LogP contribution is 2.28. The largest absolute Gasteiger partial charge is 0.491 e. The van der Waals surface area contributed by atoms with Gasteiger partial charge in [-0.1, -0.05) is 0 Å². The quantitative estimate of drug-likeness (QED) is 0.799. The van der Waals surface area contributed by atoms with E-state index in [1.165, 1.54) is 0 Å². The summed E-state index contributed by atoms with van der Waals surface area (Å²) in [7, 11) is 1.15. The fraction of sp³-hybridized carbons (Fsp3) is 0.118. The number of hydrogen-bond acceptors (Lipinski definition) is 4. The SMILES string of the molecule is COc1c(F)ccc(NC(=O)c2nc3cccnc3cc2C)c1F. The minimum absolute atomic E-state index is 0.137. The molecule has 24 heavy (non-hydrogen) atoms. The Balaban J connectivity index is 1.97. The van der Waals surface area contributed by atoms with Gasteiger partial charge in [-0.2, -0.15) is 0 Å². The molecule has 3 aromatic rings. The molecule has 3 rings (SSSR count). The van der Waals surface area contributed by atoms with Crippen LogP contribution in [0.5, 0.6) is 5.75 Å². The number of halogens is 2. The average Bonchev–Trinajstić information content (AvgIpc) is 2.57. The first kappa shape index (κ1) is 15.8. The first-order chi connectivity index (χ1) is 11.5. The monoisotopic (exact) mass is 329 g/mol. The zero-order chi connectivity index (χ0) is 17.3. The van der Waals surface area contributed by atoms with Gasteiger partial charge in [-0.3, -0.25) is 9.78 Å². The lowest BCUT2D eigenvalue weighted by Gasteiger charge is -2.11. The van der Waals surface area contributed by atoms with Gasteiger partial charge in [0.2, 0.25) is 0 Å². The number of carbonyl (C=O) groups is 1. The third kappa shape index (κ3) is 2.76. The molecule has 0 bridgehead atoms. The van der Waals surface area contributed by atoms with E-state index in [0.29, 0.717) is 16.6 Å². The van der Waals surface area contributed by atoms with Gasteiger partial charge in [0.1, 0.15) is 5.69 Å². The van der Waals surface area contributed by atoms with Crippen molar-refractivity contribution in [2.24, 2.45) is 0 Å². The summed E-state index contributed by atoms with van der Waals surface area (Å²) in [5.74, 6) is -2.99. The molecule has 0 spiro atoms. The number of benzene rings is 1. The van der Waals surface area contributed by atoms with Gasteiger partial charge in [0.25, 0.3) is 5.91 Å². The lowest BCUT2D eigenvalue weighted by atomic mass is 10.1. The fourth-order valence-corrected chi connectivity index (χ4v) is 2.32. The summed E-state index contributed by atoms with van der Waals surface area (Å²) in [6.45, 7) is 1.71. The maximum Gasteiger partial charge on any atom is 0.274 e. The van der Waals surface area contributed by atoms with E-state index in [1.807, 2.05) is 0 Å². The third-order valence-corrected chi connectivity index (χ3v) is 3.49. The Kier molecular flexibility index (Phi) is 4.07. The normalized spacial score (nSPS) is 10.7. The molecule has 0 saturated carbocycles. The number of aryl methyl sites for hydroxylation is 1. The second-order valence-electron chi connectivity index (χ2n) is 5.09. The molecular formula is C17H13F2N3O2. The van der Waals surface area contributed by atoms with Gasteiger partial charge in [0.15, 0.2) is 17.4 Å². The van der Waals surface area contributed by atoms with Crippen molar-refractivity contribution < 1.29 is 18.3 Å². The van der Waals surface area contributed by atoms with Crippen molar-refractivity contribution in [1.82, 2.24) is 9.97 Å². The van der Waals surface area contributed by atoms with Crippen molar-refractivity contribution >= 4 is 22.6 Å². The van der Waals surface area contributed by atoms with Crippen LogP contribution in [0.1, 0.15) is 16.1 Å². The second-order valence-corrected chi connectivity index (χ2v) is 5.09. The molecule has 7 heteroatoms. The number of carbonyl (C=O) groups excluding carboxylic acids is 1. The first-order valence-electron chi connectivity index (χ1n) is 7.07. The molecule has 0 aliphatic carbocycles. The van der Waals surface area contributed by atoms with E-state index in [1.54, 1.807) is 31.3 Å². The van der Waals surface area contributed by atoms with Gasteiger partial charge in [0.05, 0.1) is 23.8 Å². The molecule has 0 unspecified atom stereocenters. The van der Waals surface area contributed by atoms with Crippen LogP contribution in [0.2, 0.25) is 0 Å². The van der Waals surface area contributed by atoms with Crippen molar-refractivity contribution in [3.8, 4) is 5.75 Å². The lowest BCUT2D eigenvalue weighted by Crippen LogP contribution is -2.16. The summed E-state index contributed by atoms with van der Waals surface area (Å²) in [6, 6.07) is 7.29. The molecule has 0 saturated heterocycles. The van der Waals surface area contributed by atoms with Crippen LogP contribution in [-0.2, 0) is 0 Å². The minimum atomic E-state index is -0.981. The van der Waals surface area contributed by atoms with Crippen molar-refractivity contribution in [3.05, 3.63) is 59.4 Å². The molecule has 0 aliphatic rings. The Morgan fingerprint density at radius 1 is 1.21 bits per heavy atom. The Labute approximate surface area is 136 Å². The van der Waals surface area contributed by atoms with Crippen molar-refractivity contribution in [3.63, 3.8) is 0 Å². The van der Waals surface area contributed by atoms with Crippen LogP contribution in [-0.4, -0.2) is 23.0 Å². The number of aromatic nitrogens is 2. The maximum atomic E-state index is 14.2. The van der Waals surface area contributed by atoms with Gasteiger partial charge >= 0.3 is 0 Å². The molecule has 5 nitrogen and oxygen atoms in total. The molecule has 1 amide bonds. The molecular weight excluding hydrogens is 316 g/mol. The highest BCUT2D eigenvalue weighted by molar-refractivity contribution is 6.05. The Morgan fingerprint density at radius 2 is 2.00 bits per heavy atom. The predicted molar refractivity (Wildman–Crippen MR) is 85.1 cm³/mol. The molecule has 2 heterocycles. The van der Waals surface area contributed by atoms with E-state index in [-0.39, 0.29) is 11.4 Å². The van der Waals surface area contributed by atoms with E-state index < -0.39 is 23.3 Å². The van der Waals surface area contributed by atoms with E-state index in [4.69, 9.17) is 0 Å². The number of pyridine rings is 2. The van der Waals surface area contributed by atoms with Crippen LogP contribution >= 0.6 is 0 Å². The molecule has 0 radical (unpaired) electrons. The molecule has 0 aliphatic heterocycles. The van der Waals surface area contributed by atoms with Crippen LogP contribution in [0.3, 0.4) is 0 Å². The summed E-state index contributed by atoms with van der Waals surface area (Å²) < 4.78 is 32.2. The average molecular weight is 329 g/mol. The standard InChI is InChI=1S/C17H13F2N3O2/c1-9-8-13-11(4-3-7-20-13)21-15(9)17(23)22-12-6-5-10(18)16(24-2)14(12)19/h3-8H,1-2H3,(H,22,23). The van der Waals surface area contributed by atoms with Crippen molar-refractivity contribution in [2.45, 2.75) is 6.92 Å². The number of amides is 1. The number of ether oxygens (including phenoxy) is 1. The van der Waals surface area contributed by atoms with E-state index >= 15 is 0 Å². The smallest absolute Gasteiger partial charge is 0.274 e. The summed E-state index contributed by atoms with van der Waals surface area (Å²) >= 11 is 0. The van der Waals surface area contributed by atoms with E-state index in [2.05, 4.69) is 20.0 Å². The van der Waals surface area contributed by atoms with Gasteiger partial charge in [-0.15, -0.1) is 0 Å². The zero-order valence-electron chi connectivity index (χ0n) is 12.9.